The molecule has 2 heterocycles. The van der Waals surface area contributed by atoms with Crippen molar-refractivity contribution >= 4 is 17.3 Å². The van der Waals surface area contributed by atoms with Crippen LogP contribution >= 0.6 is 0 Å². The fourth-order valence-corrected chi connectivity index (χ4v) is 2.52. The molecule has 1 saturated heterocycles. The number of anilines is 3. The number of piperidine rings is 1. The van der Waals surface area contributed by atoms with E-state index in [2.05, 4.69) is 15.4 Å². The molecule has 29 heavy (non-hydrogen) atoms. The van der Waals surface area contributed by atoms with Crippen molar-refractivity contribution in [1.29, 1.82) is 0 Å². The molecule has 0 radical (unpaired) electrons. The highest BCUT2D eigenvalue weighted by Gasteiger charge is 2.32. The first-order valence-electron chi connectivity index (χ1n) is 13.1. The first kappa shape index (κ1) is 10.6. The number of halogens is 4. The predicted octanol–water partition coefficient (Wildman–Crippen LogP) is 5.41. The molecule has 1 N–H and O–H groups in total. The summed E-state index contributed by atoms with van der Waals surface area (Å²) in [7, 11) is 0. The quantitative estimate of drug-likeness (QED) is 0.577. The summed E-state index contributed by atoms with van der Waals surface area (Å²) < 4.78 is 137. The lowest BCUT2D eigenvalue weighted by molar-refractivity contribution is -0.137. The lowest BCUT2D eigenvalue weighted by Gasteiger charge is -2.29. The van der Waals surface area contributed by atoms with Gasteiger partial charge in [0.15, 0.2) is 0 Å². The molecule has 0 bridgehead atoms. The second kappa shape index (κ2) is 7.73. The molecule has 4 rings (SSSR count). The molecule has 1 fully saturated rings. The van der Waals surface area contributed by atoms with Crippen molar-refractivity contribution in [2.45, 2.75) is 25.3 Å². The summed E-state index contributed by atoms with van der Waals surface area (Å²) in [5.74, 6) is -0.884. The summed E-state index contributed by atoms with van der Waals surface area (Å²) in [6.07, 6.45) is -15.1. The Hall–Kier alpha value is -3.10. The van der Waals surface area contributed by atoms with Crippen LogP contribution in [0.4, 0.5) is 34.9 Å². The van der Waals surface area contributed by atoms with E-state index in [9.17, 15) is 17.6 Å². The molecule has 1 aliphatic rings. The Labute approximate surface area is 180 Å². The van der Waals surface area contributed by atoms with Gasteiger partial charge in [0, 0.05) is 39.5 Å². The van der Waals surface area contributed by atoms with Crippen molar-refractivity contribution in [2.75, 3.05) is 23.2 Å². The molecule has 1 aliphatic heterocycles. The van der Waals surface area contributed by atoms with E-state index in [4.69, 9.17) is 13.7 Å². The van der Waals surface area contributed by atoms with E-state index in [-0.39, 0.29) is 18.0 Å². The Kier molecular flexibility index (Phi) is 2.83. The third-order valence-corrected chi connectivity index (χ3v) is 3.78. The van der Waals surface area contributed by atoms with Crippen LogP contribution in [0.3, 0.4) is 0 Å². The number of nitrogens with one attached hydrogen (secondary N) is 1. The van der Waals surface area contributed by atoms with Crippen LogP contribution in [0.2, 0.25) is 0 Å². The minimum absolute atomic E-state index is 0. The zero-order valence-corrected chi connectivity index (χ0v) is 14.4. The van der Waals surface area contributed by atoms with Gasteiger partial charge >= 0.3 is 6.18 Å². The maximum absolute atomic E-state index is 13.8. The van der Waals surface area contributed by atoms with E-state index in [1.165, 1.54) is 18.2 Å². The lowest BCUT2D eigenvalue weighted by Crippen LogP contribution is -2.29. The van der Waals surface area contributed by atoms with Crippen LogP contribution in [0, 0.1) is 5.82 Å². The maximum Gasteiger partial charge on any atom is 0.416 e. The van der Waals surface area contributed by atoms with Crippen molar-refractivity contribution < 1.29 is 32.7 Å². The van der Waals surface area contributed by atoms with Crippen molar-refractivity contribution in [3.8, 4) is 5.69 Å². The van der Waals surface area contributed by atoms with E-state index >= 15 is 0 Å². The van der Waals surface area contributed by atoms with Crippen LogP contribution in [0.5, 0.6) is 0 Å². The number of nitrogens with zero attached hydrogens (tertiary/aromatic N) is 4. The molecule has 2 aromatic carbocycles. The van der Waals surface area contributed by atoms with Crippen LogP contribution in [0.1, 0.15) is 39.8 Å². The third-order valence-electron chi connectivity index (χ3n) is 3.78. The van der Waals surface area contributed by atoms with Gasteiger partial charge in [0.05, 0.1) is 11.3 Å². The van der Waals surface area contributed by atoms with Crippen molar-refractivity contribution in [1.82, 2.24) is 14.8 Å². The molecule has 0 spiro atoms. The van der Waals surface area contributed by atoms with Crippen LogP contribution in [-0.4, -0.2) is 27.8 Å². The van der Waals surface area contributed by atoms with E-state index in [0.717, 1.165) is 23.1 Å². The van der Waals surface area contributed by atoms with Crippen LogP contribution in [0.25, 0.3) is 5.69 Å². The summed E-state index contributed by atoms with van der Waals surface area (Å²) in [6.45, 7) is -7.35. The van der Waals surface area contributed by atoms with Crippen LogP contribution in [-0.2, 0) is 6.18 Å². The Bertz CT molecular complexity index is 1380. The maximum atomic E-state index is 13.8. The highest BCUT2D eigenvalue weighted by atomic mass is 19.4. The second-order valence-electron chi connectivity index (χ2n) is 5.82. The summed E-state index contributed by atoms with van der Waals surface area (Å²) in [6, 6.07) is 6.81. The zero-order valence-electron chi connectivity index (χ0n) is 24.4. The van der Waals surface area contributed by atoms with Gasteiger partial charge in [-0.1, -0.05) is 6.07 Å². The number of aromatic nitrogens is 3. The Morgan fingerprint density at radius 2 is 1.83 bits per heavy atom. The van der Waals surface area contributed by atoms with Crippen LogP contribution < -0.4 is 10.2 Å². The van der Waals surface area contributed by atoms with E-state index in [1.54, 1.807) is 0 Å². The van der Waals surface area contributed by atoms with E-state index in [0.29, 0.717) is 12.1 Å². The summed E-state index contributed by atoms with van der Waals surface area (Å²) in [4.78, 5) is 3.71. The molecule has 0 aliphatic carbocycles. The molecule has 0 atom stereocenters. The first-order valence-corrected chi connectivity index (χ1v) is 8.12. The van der Waals surface area contributed by atoms with E-state index in [1.807, 2.05) is 0 Å². The standard InChI is InChI=1S/C20H19F4N5.H2/c21-15-5-4-6-17(11-15)29-13-25-19(27-29)26-16-9-14(20(22,23)24)10-18(12-16)28-7-2-1-3-8-28;/h4-6,9-13H,1-3,7-8H2,(H,26,27);1H/i1D2,2D2,3D2,7D2,8D2;. The normalized spacial score (nSPS) is 28.6. The Morgan fingerprint density at radius 3 is 2.55 bits per heavy atom. The topological polar surface area (TPSA) is 46.0 Å². The molecule has 0 saturated carbocycles. The van der Waals surface area contributed by atoms with Crippen molar-refractivity contribution in [2.24, 2.45) is 0 Å². The first-order chi connectivity index (χ1) is 17.6. The molecule has 0 amide bonds. The smallest absolute Gasteiger partial charge is 0.371 e. The number of alkyl halides is 3. The molecular formula is C20H21F4N5. The summed E-state index contributed by atoms with van der Waals surface area (Å²) in [5, 5.41) is 6.43. The molecule has 3 aromatic rings. The minimum atomic E-state index is -5.07. The molecule has 5 nitrogen and oxygen atoms in total. The Morgan fingerprint density at radius 1 is 1.03 bits per heavy atom. The van der Waals surface area contributed by atoms with Gasteiger partial charge in [0.1, 0.15) is 12.1 Å². The average Bonchev–Trinajstić information content (AvgIpc) is 3.25. The number of rotatable bonds is 4. The lowest BCUT2D eigenvalue weighted by atomic mass is 10.1. The Balaban J connectivity index is 0.00000441. The van der Waals surface area contributed by atoms with Gasteiger partial charge in [-0.15, -0.1) is 5.10 Å². The molecule has 1 aromatic heterocycles. The van der Waals surface area contributed by atoms with Gasteiger partial charge in [-0.05, 0) is 55.5 Å². The SMILES string of the molecule is [2H]C1([2H])N(c2cc(Nc3ncn(-c4cccc(F)c4)n3)cc(C(F)(F)F)c2)C([2H])([2H])C([2H])([2H])C([2H])([2H])C1([2H])[2H].[HH]. The molecular weight excluding hydrogens is 386 g/mol. The molecule has 9 heteroatoms. The monoisotopic (exact) mass is 417 g/mol. The summed E-state index contributed by atoms with van der Waals surface area (Å²) in [5.41, 5.74) is -2.60. The third kappa shape index (κ3) is 4.49. The number of hydrogen-bond donors (Lipinski definition) is 1. The number of benzene rings is 2. The van der Waals surface area contributed by atoms with Gasteiger partial charge in [-0.25, -0.2) is 9.07 Å². The van der Waals surface area contributed by atoms with Crippen molar-refractivity contribution in [3.63, 3.8) is 0 Å². The predicted molar refractivity (Wildman–Crippen MR) is 104 cm³/mol. The zero-order chi connectivity index (χ0) is 29.4. The highest BCUT2D eigenvalue weighted by Crippen LogP contribution is 2.35. The van der Waals surface area contributed by atoms with Gasteiger partial charge < -0.3 is 10.2 Å². The fraction of sp³-hybridized carbons (Fsp3) is 0.300. The van der Waals surface area contributed by atoms with E-state index < -0.39 is 61.0 Å². The van der Waals surface area contributed by atoms with Crippen molar-refractivity contribution in [3.05, 3.63) is 60.2 Å². The van der Waals surface area contributed by atoms with Gasteiger partial charge in [0.25, 0.3) is 0 Å². The van der Waals surface area contributed by atoms with Gasteiger partial charge in [-0.3, -0.25) is 0 Å². The average molecular weight is 417 g/mol. The molecule has 154 valence electrons. The van der Waals surface area contributed by atoms with Crippen LogP contribution in [0.15, 0.2) is 48.8 Å². The number of hydrogen-bond acceptors (Lipinski definition) is 4. The van der Waals surface area contributed by atoms with Gasteiger partial charge in [-0.2, -0.15) is 18.2 Å². The largest absolute Gasteiger partial charge is 0.416 e. The highest BCUT2D eigenvalue weighted by molar-refractivity contribution is 5.64. The second-order valence-corrected chi connectivity index (χ2v) is 5.82. The minimum Gasteiger partial charge on any atom is -0.371 e. The summed E-state index contributed by atoms with van der Waals surface area (Å²) >= 11 is 0. The molecule has 0 unspecified atom stereocenters. The van der Waals surface area contributed by atoms with Gasteiger partial charge in [0.2, 0.25) is 5.95 Å². The fourth-order valence-electron chi connectivity index (χ4n) is 2.52.